The summed E-state index contributed by atoms with van der Waals surface area (Å²) in [5, 5.41) is 23.1. The van der Waals surface area contributed by atoms with Crippen molar-refractivity contribution in [3.63, 3.8) is 0 Å². The van der Waals surface area contributed by atoms with Crippen molar-refractivity contribution in [2.24, 2.45) is 0 Å². The van der Waals surface area contributed by atoms with Crippen molar-refractivity contribution in [1.29, 1.82) is 0 Å². The van der Waals surface area contributed by atoms with E-state index in [0.29, 0.717) is 25.9 Å². The van der Waals surface area contributed by atoms with Gasteiger partial charge in [-0.15, -0.1) is 0 Å². The van der Waals surface area contributed by atoms with E-state index in [0.717, 1.165) is 70.6 Å². The Morgan fingerprint density at radius 2 is 0.790 bits per heavy atom. The van der Waals surface area contributed by atoms with Gasteiger partial charge in [-0.05, 0) is 57.8 Å². The number of ether oxygens (including phenoxy) is 1. The van der Waals surface area contributed by atoms with E-state index in [-0.39, 0.29) is 18.5 Å². The summed E-state index contributed by atoms with van der Waals surface area (Å²) in [6.07, 6.45) is 61.7. The molecule has 0 aliphatic carbocycles. The molecule has 62 heavy (non-hydrogen) atoms. The number of hydrogen-bond donors (Lipinski definition) is 3. The third-order valence-corrected chi connectivity index (χ3v) is 12.8. The Balaban J connectivity index is 3.43. The Morgan fingerprint density at radius 1 is 0.452 bits per heavy atom. The van der Waals surface area contributed by atoms with Gasteiger partial charge >= 0.3 is 5.97 Å². The average molecular weight is 874 g/mol. The molecule has 0 saturated carbocycles. The van der Waals surface area contributed by atoms with Crippen LogP contribution in [0.5, 0.6) is 0 Å². The molecule has 2 atom stereocenters. The minimum atomic E-state index is -0.668. The van der Waals surface area contributed by atoms with Gasteiger partial charge in [-0.1, -0.05) is 250 Å². The lowest BCUT2D eigenvalue weighted by Gasteiger charge is -2.22. The van der Waals surface area contributed by atoms with Gasteiger partial charge in [0.2, 0.25) is 5.91 Å². The zero-order valence-corrected chi connectivity index (χ0v) is 41.6. The van der Waals surface area contributed by atoms with E-state index in [1.165, 1.54) is 193 Å². The van der Waals surface area contributed by atoms with E-state index in [9.17, 15) is 19.8 Å². The highest BCUT2D eigenvalue weighted by Crippen LogP contribution is 2.17. The number of hydrogen-bond acceptors (Lipinski definition) is 5. The Morgan fingerprint density at radius 3 is 1.19 bits per heavy atom. The second-order valence-electron chi connectivity index (χ2n) is 18.9. The van der Waals surface area contributed by atoms with Crippen LogP contribution in [0, 0.1) is 0 Å². The largest absolute Gasteiger partial charge is 0.466 e. The predicted octanol–water partition coefficient (Wildman–Crippen LogP) is 16.7. The Hall–Kier alpha value is -1.66. The first-order valence-electron chi connectivity index (χ1n) is 27.6. The van der Waals surface area contributed by atoms with Crippen LogP contribution >= 0.6 is 0 Å². The average Bonchev–Trinajstić information content (AvgIpc) is 3.27. The second-order valence-corrected chi connectivity index (χ2v) is 18.9. The van der Waals surface area contributed by atoms with Crippen LogP contribution in [0.4, 0.5) is 0 Å². The normalized spacial score (nSPS) is 12.8. The highest BCUT2D eigenvalue weighted by molar-refractivity contribution is 5.76. The van der Waals surface area contributed by atoms with E-state index < -0.39 is 12.1 Å². The molecule has 0 bridgehead atoms. The summed E-state index contributed by atoms with van der Waals surface area (Å²) in [6, 6.07) is -0.546. The molecule has 0 spiro atoms. The molecule has 2 unspecified atom stereocenters. The number of allylic oxidation sites excluding steroid dienone is 4. The lowest BCUT2D eigenvalue weighted by molar-refractivity contribution is -0.143. The van der Waals surface area contributed by atoms with Gasteiger partial charge in [-0.3, -0.25) is 9.59 Å². The SMILES string of the molecule is CCCCCCCCCCCCCCCCCCCC(=O)OCCCCC/C=C\C=C/CCCCCCCCCCCCC(=O)NC(CO)C(O)CCCCCCCCCCC. The first-order chi connectivity index (χ1) is 30.5. The summed E-state index contributed by atoms with van der Waals surface area (Å²) in [4.78, 5) is 24.4. The molecule has 0 saturated heterocycles. The number of esters is 1. The molecule has 0 aromatic carbocycles. The van der Waals surface area contributed by atoms with Crippen molar-refractivity contribution in [3.05, 3.63) is 24.3 Å². The molecule has 0 fully saturated rings. The van der Waals surface area contributed by atoms with Crippen LogP contribution in [-0.4, -0.2) is 47.4 Å². The Bertz CT molecular complexity index is 966. The van der Waals surface area contributed by atoms with Crippen molar-refractivity contribution in [3.8, 4) is 0 Å². The number of rotatable bonds is 51. The van der Waals surface area contributed by atoms with Crippen molar-refractivity contribution in [1.82, 2.24) is 5.32 Å². The quantitative estimate of drug-likeness (QED) is 0.0321. The van der Waals surface area contributed by atoms with Crippen LogP contribution in [0.15, 0.2) is 24.3 Å². The smallest absolute Gasteiger partial charge is 0.305 e. The maximum absolute atomic E-state index is 12.4. The lowest BCUT2D eigenvalue weighted by Crippen LogP contribution is -2.45. The van der Waals surface area contributed by atoms with E-state index >= 15 is 0 Å². The minimum absolute atomic E-state index is 0.00963. The molecule has 0 aromatic heterocycles. The van der Waals surface area contributed by atoms with Gasteiger partial charge in [0.05, 0.1) is 25.4 Å². The van der Waals surface area contributed by atoms with Gasteiger partial charge in [-0.2, -0.15) is 0 Å². The van der Waals surface area contributed by atoms with Crippen molar-refractivity contribution < 1.29 is 24.5 Å². The zero-order chi connectivity index (χ0) is 45.1. The summed E-state index contributed by atoms with van der Waals surface area (Å²) in [6.45, 7) is 4.90. The molecule has 0 radical (unpaired) electrons. The van der Waals surface area contributed by atoms with Gasteiger partial charge in [0.15, 0.2) is 0 Å². The van der Waals surface area contributed by atoms with Gasteiger partial charge < -0.3 is 20.3 Å². The standard InChI is InChI=1S/C56H107NO5/c1-3-5-7-9-11-13-14-15-16-20-24-27-30-34-38-42-46-50-56(61)62-51-47-43-39-35-31-28-25-22-19-17-18-21-23-26-29-33-37-41-45-49-55(60)57-53(52-58)54(59)48-44-40-36-32-12-10-8-6-4-2/h22,25,28,31,53-54,58-59H,3-21,23-24,26-27,29-30,32-52H2,1-2H3,(H,57,60)/b25-22-,31-28-. The van der Waals surface area contributed by atoms with E-state index in [1.54, 1.807) is 0 Å². The van der Waals surface area contributed by atoms with Crippen LogP contribution in [0.25, 0.3) is 0 Å². The number of aliphatic hydroxyl groups is 2. The fourth-order valence-corrected chi connectivity index (χ4v) is 8.51. The molecule has 6 heteroatoms. The summed E-state index contributed by atoms with van der Waals surface area (Å²) in [7, 11) is 0. The van der Waals surface area contributed by atoms with Gasteiger partial charge in [0.25, 0.3) is 0 Å². The van der Waals surface area contributed by atoms with Crippen molar-refractivity contribution in [2.45, 2.75) is 309 Å². The molecule has 6 nitrogen and oxygen atoms in total. The van der Waals surface area contributed by atoms with Crippen LogP contribution in [0.1, 0.15) is 296 Å². The molecule has 0 aromatic rings. The number of nitrogens with one attached hydrogen (secondary N) is 1. The number of unbranched alkanes of at least 4 members (excludes halogenated alkanes) is 37. The molecule has 0 aliphatic heterocycles. The highest BCUT2D eigenvalue weighted by Gasteiger charge is 2.20. The van der Waals surface area contributed by atoms with E-state index in [1.807, 2.05) is 0 Å². The molecule has 1 amide bonds. The number of carbonyl (C=O) groups is 2. The van der Waals surface area contributed by atoms with Gasteiger partial charge in [-0.25, -0.2) is 0 Å². The van der Waals surface area contributed by atoms with Gasteiger partial charge in [0.1, 0.15) is 0 Å². The maximum Gasteiger partial charge on any atom is 0.305 e. The number of aliphatic hydroxyl groups excluding tert-OH is 2. The van der Waals surface area contributed by atoms with E-state index in [4.69, 9.17) is 4.74 Å². The second kappa shape index (κ2) is 52.0. The molecular weight excluding hydrogens is 767 g/mol. The summed E-state index contributed by atoms with van der Waals surface area (Å²) >= 11 is 0. The van der Waals surface area contributed by atoms with Crippen LogP contribution in [0.3, 0.4) is 0 Å². The monoisotopic (exact) mass is 874 g/mol. The third kappa shape index (κ3) is 47.8. The van der Waals surface area contributed by atoms with Crippen LogP contribution in [-0.2, 0) is 14.3 Å². The summed E-state index contributed by atoms with van der Waals surface area (Å²) in [5.74, 6) is -0.0568. The zero-order valence-electron chi connectivity index (χ0n) is 41.6. The van der Waals surface area contributed by atoms with E-state index in [2.05, 4.69) is 43.5 Å². The highest BCUT2D eigenvalue weighted by atomic mass is 16.5. The van der Waals surface area contributed by atoms with Gasteiger partial charge in [0, 0.05) is 12.8 Å². The molecular formula is C56H107NO5. The predicted molar refractivity (Wildman–Crippen MR) is 269 cm³/mol. The van der Waals surface area contributed by atoms with Crippen molar-refractivity contribution in [2.75, 3.05) is 13.2 Å². The summed E-state index contributed by atoms with van der Waals surface area (Å²) in [5.41, 5.74) is 0. The molecule has 0 aliphatic rings. The Kier molecular flexibility index (Phi) is 50.6. The fraction of sp³-hybridized carbons (Fsp3) is 0.893. The maximum atomic E-state index is 12.4. The fourth-order valence-electron chi connectivity index (χ4n) is 8.51. The topological polar surface area (TPSA) is 95.9 Å². The molecule has 366 valence electrons. The first kappa shape index (κ1) is 60.3. The minimum Gasteiger partial charge on any atom is -0.466 e. The molecule has 0 heterocycles. The number of carbonyl (C=O) groups excluding carboxylic acids is 2. The van der Waals surface area contributed by atoms with Crippen LogP contribution < -0.4 is 5.32 Å². The van der Waals surface area contributed by atoms with Crippen LogP contribution in [0.2, 0.25) is 0 Å². The third-order valence-electron chi connectivity index (χ3n) is 12.8. The first-order valence-corrected chi connectivity index (χ1v) is 27.6. The molecule has 3 N–H and O–H groups in total. The van der Waals surface area contributed by atoms with Crippen molar-refractivity contribution >= 4 is 11.9 Å². The lowest BCUT2D eigenvalue weighted by atomic mass is 10.0. The summed E-state index contributed by atoms with van der Waals surface area (Å²) < 4.78 is 5.46. The Labute approximate surface area is 386 Å². The molecule has 0 rings (SSSR count). The number of amides is 1.